The molecule has 2 heterocycles. The Morgan fingerprint density at radius 1 is 1.37 bits per heavy atom. The summed E-state index contributed by atoms with van der Waals surface area (Å²) in [5, 5.41) is 7.27. The maximum Gasteiger partial charge on any atom is 0.199 e. The van der Waals surface area contributed by atoms with E-state index in [1.54, 1.807) is 6.07 Å². The fourth-order valence-corrected chi connectivity index (χ4v) is 2.09. The molecule has 3 aromatic rings. The van der Waals surface area contributed by atoms with E-state index in [9.17, 15) is 4.39 Å². The van der Waals surface area contributed by atoms with Crippen LogP contribution < -0.4 is 5.73 Å². The van der Waals surface area contributed by atoms with Gasteiger partial charge in [0.1, 0.15) is 5.52 Å². The lowest BCUT2D eigenvalue weighted by Gasteiger charge is -2.05. The summed E-state index contributed by atoms with van der Waals surface area (Å²) in [5.41, 5.74) is 7.03. The van der Waals surface area contributed by atoms with Crippen molar-refractivity contribution in [1.82, 2.24) is 19.9 Å². The van der Waals surface area contributed by atoms with Crippen molar-refractivity contribution in [1.29, 1.82) is 0 Å². The quantitative estimate of drug-likeness (QED) is 0.781. The second-order valence-corrected chi connectivity index (χ2v) is 4.19. The van der Waals surface area contributed by atoms with Gasteiger partial charge in [-0.1, -0.05) is 13.0 Å². The van der Waals surface area contributed by atoms with Crippen LogP contribution in [-0.4, -0.2) is 19.9 Å². The van der Waals surface area contributed by atoms with Gasteiger partial charge in [0, 0.05) is 6.54 Å². The summed E-state index contributed by atoms with van der Waals surface area (Å²) in [6, 6.07) is 4.84. The van der Waals surface area contributed by atoms with E-state index >= 15 is 0 Å². The summed E-state index contributed by atoms with van der Waals surface area (Å²) in [5.74, 6) is 0.248. The van der Waals surface area contributed by atoms with Gasteiger partial charge in [-0.25, -0.2) is 14.0 Å². The number of nitrogens with zero attached hydrogens (tertiary/aromatic N) is 4. The molecule has 0 amide bonds. The molecule has 0 radical (unpaired) electrons. The number of imidazole rings is 1. The van der Waals surface area contributed by atoms with Gasteiger partial charge < -0.3 is 10.3 Å². The standard InChI is InChI=1S/C12H12FN5O/c1-2-6-18-8-5-3-4-7(13)9(8)15-12(18)10-11(14)17-19-16-10/h3-5H,2,6H2,1H3,(H2,14,17). The molecule has 3 rings (SSSR count). The van der Waals surface area contributed by atoms with Crippen molar-refractivity contribution in [3.8, 4) is 11.5 Å². The number of aryl methyl sites for hydroxylation is 1. The van der Waals surface area contributed by atoms with E-state index in [2.05, 4.69) is 19.9 Å². The van der Waals surface area contributed by atoms with E-state index in [4.69, 9.17) is 5.73 Å². The van der Waals surface area contributed by atoms with Crippen molar-refractivity contribution in [2.24, 2.45) is 0 Å². The van der Waals surface area contributed by atoms with Crippen molar-refractivity contribution < 1.29 is 9.02 Å². The van der Waals surface area contributed by atoms with Crippen LogP contribution in [0.2, 0.25) is 0 Å². The van der Waals surface area contributed by atoms with Gasteiger partial charge >= 0.3 is 0 Å². The smallest absolute Gasteiger partial charge is 0.199 e. The first-order chi connectivity index (χ1) is 9.22. The van der Waals surface area contributed by atoms with E-state index in [1.165, 1.54) is 6.07 Å². The minimum atomic E-state index is -0.372. The normalized spacial score (nSPS) is 11.3. The van der Waals surface area contributed by atoms with Gasteiger partial charge in [-0.3, -0.25) is 0 Å². The minimum absolute atomic E-state index is 0.146. The summed E-state index contributed by atoms with van der Waals surface area (Å²) in [4.78, 5) is 4.28. The van der Waals surface area contributed by atoms with E-state index < -0.39 is 0 Å². The number of nitrogen functional groups attached to an aromatic ring is 1. The molecule has 0 spiro atoms. The first-order valence-corrected chi connectivity index (χ1v) is 5.95. The molecule has 2 N–H and O–H groups in total. The van der Waals surface area contributed by atoms with E-state index in [0.29, 0.717) is 29.1 Å². The molecule has 0 fully saturated rings. The zero-order valence-corrected chi connectivity index (χ0v) is 10.3. The molecular weight excluding hydrogens is 249 g/mol. The van der Waals surface area contributed by atoms with Gasteiger partial charge in [-0.15, -0.1) is 0 Å². The zero-order valence-electron chi connectivity index (χ0n) is 10.3. The largest absolute Gasteiger partial charge is 0.379 e. The highest BCUT2D eigenvalue weighted by Crippen LogP contribution is 2.27. The molecule has 7 heteroatoms. The molecular formula is C12H12FN5O. The Hall–Kier alpha value is -2.44. The molecule has 1 aromatic carbocycles. The minimum Gasteiger partial charge on any atom is -0.379 e. The van der Waals surface area contributed by atoms with Crippen LogP contribution in [0, 0.1) is 5.82 Å². The van der Waals surface area contributed by atoms with Gasteiger partial charge in [0.15, 0.2) is 23.2 Å². The third kappa shape index (κ3) is 1.74. The average Bonchev–Trinajstić information content (AvgIpc) is 2.95. The van der Waals surface area contributed by atoms with Crippen molar-refractivity contribution >= 4 is 16.9 Å². The fraction of sp³-hybridized carbons (Fsp3) is 0.250. The molecule has 0 saturated heterocycles. The predicted molar refractivity (Wildman–Crippen MR) is 67.7 cm³/mol. The molecule has 98 valence electrons. The number of para-hydroxylation sites is 1. The van der Waals surface area contributed by atoms with E-state index in [-0.39, 0.29) is 11.6 Å². The molecule has 0 bridgehead atoms. The van der Waals surface area contributed by atoms with Crippen LogP contribution in [0.5, 0.6) is 0 Å². The summed E-state index contributed by atoms with van der Waals surface area (Å²) in [6.07, 6.45) is 0.875. The summed E-state index contributed by atoms with van der Waals surface area (Å²) in [6.45, 7) is 2.71. The second-order valence-electron chi connectivity index (χ2n) is 4.19. The number of rotatable bonds is 3. The lowest BCUT2D eigenvalue weighted by atomic mass is 10.3. The van der Waals surface area contributed by atoms with Gasteiger partial charge in [-0.05, 0) is 28.9 Å². The number of aromatic nitrogens is 4. The second kappa shape index (κ2) is 4.34. The highest BCUT2D eigenvalue weighted by molar-refractivity contribution is 5.82. The zero-order chi connectivity index (χ0) is 13.4. The molecule has 0 aliphatic carbocycles. The third-order valence-corrected chi connectivity index (χ3v) is 2.90. The Balaban J connectivity index is 2.32. The Morgan fingerprint density at radius 2 is 2.21 bits per heavy atom. The van der Waals surface area contributed by atoms with E-state index in [1.807, 2.05) is 17.6 Å². The predicted octanol–water partition coefficient (Wildman–Crippen LogP) is 2.22. The van der Waals surface area contributed by atoms with Crippen LogP contribution in [0.3, 0.4) is 0 Å². The third-order valence-electron chi connectivity index (χ3n) is 2.90. The Kier molecular flexibility index (Phi) is 2.66. The first-order valence-electron chi connectivity index (χ1n) is 5.95. The highest BCUT2D eigenvalue weighted by atomic mass is 19.1. The number of benzene rings is 1. The maximum absolute atomic E-state index is 13.8. The van der Waals surface area contributed by atoms with Crippen molar-refractivity contribution in [2.75, 3.05) is 5.73 Å². The number of hydrogen-bond acceptors (Lipinski definition) is 5. The van der Waals surface area contributed by atoms with Crippen LogP contribution in [-0.2, 0) is 6.54 Å². The Morgan fingerprint density at radius 3 is 2.89 bits per heavy atom. The van der Waals surface area contributed by atoms with Crippen LogP contribution in [0.1, 0.15) is 13.3 Å². The van der Waals surface area contributed by atoms with Crippen LogP contribution in [0.4, 0.5) is 10.2 Å². The molecule has 6 nitrogen and oxygen atoms in total. The van der Waals surface area contributed by atoms with Crippen LogP contribution in [0.15, 0.2) is 22.8 Å². The summed E-state index contributed by atoms with van der Waals surface area (Å²) < 4.78 is 20.3. The van der Waals surface area contributed by atoms with Gasteiger partial charge in [0.2, 0.25) is 0 Å². The average molecular weight is 261 g/mol. The molecule has 2 aromatic heterocycles. The first kappa shape index (κ1) is 11.6. The molecule has 0 aliphatic rings. The highest BCUT2D eigenvalue weighted by Gasteiger charge is 2.19. The molecule has 19 heavy (non-hydrogen) atoms. The maximum atomic E-state index is 13.8. The summed E-state index contributed by atoms with van der Waals surface area (Å²) >= 11 is 0. The lowest BCUT2D eigenvalue weighted by molar-refractivity contribution is 0.310. The van der Waals surface area contributed by atoms with Gasteiger partial charge in [0.25, 0.3) is 0 Å². The lowest BCUT2D eigenvalue weighted by Crippen LogP contribution is -2.01. The molecule has 0 saturated carbocycles. The van der Waals surface area contributed by atoms with Crippen molar-refractivity contribution in [3.63, 3.8) is 0 Å². The van der Waals surface area contributed by atoms with Crippen molar-refractivity contribution in [2.45, 2.75) is 19.9 Å². The fourth-order valence-electron chi connectivity index (χ4n) is 2.09. The SMILES string of the molecule is CCCn1c(-c2nonc2N)nc2c(F)cccc21. The number of halogens is 1. The van der Waals surface area contributed by atoms with Crippen LogP contribution in [0.25, 0.3) is 22.6 Å². The van der Waals surface area contributed by atoms with Gasteiger partial charge in [-0.2, -0.15) is 0 Å². The van der Waals surface area contributed by atoms with Gasteiger partial charge in [0.05, 0.1) is 5.52 Å². The molecule has 0 aliphatic heterocycles. The number of hydrogen-bond donors (Lipinski definition) is 1. The van der Waals surface area contributed by atoms with E-state index in [0.717, 1.165) is 6.42 Å². The topological polar surface area (TPSA) is 82.8 Å². The molecule has 0 unspecified atom stereocenters. The summed E-state index contributed by atoms with van der Waals surface area (Å²) in [7, 11) is 0. The monoisotopic (exact) mass is 261 g/mol. The Bertz CT molecular complexity index is 733. The van der Waals surface area contributed by atoms with Crippen LogP contribution >= 0.6 is 0 Å². The number of fused-ring (bicyclic) bond motifs is 1. The van der Waals surface area contributed by atoms with Crippen molar-refractivity contribution in [3.05, 3.63) is 24.0 Å². The molecule has 0 atom stereocenters. The number of anilines is 1. The number of nitrogens with two attached hydrogens (primary N) is 1. The Labute approximate surface area is 108 Å².